The Morgan fingerprint density at radius 3 is 2.94 bits per heavy atom. The van der Waals surface area contributed by atoms with Crippen molar-refractivity contribution in [2.24, 2.45) is 4.99 Å². The fourth-order valence-corrected chi connectivity index (χ4v) is 2.78. The van der Waals surface area contributed by atoms with Crippen LogP contribution in [0.2, 0.25) is 0 Å². The van der Waals surface area contributed by atoms with Gasteiger partial charge in [-0.1, -0.05) is 13.0 Å². The van der Waals surface area contributed by atoms with Crippen LogP contribution < -0.4 is 0 Å². The molecule has 0 fully saturated rings. The van der Waals surface area contributed by atoms with E-state index in [0.717, 1.165) is 5.56 Å². The van der Waals surface area contributed by atoms with Gasteiger partial charge in [0, 0.05) is 22.9 Å². The first kappa shape index (κ1) is 11.1. The number of hydrogen-bond donors (Lipinski definition) is 0. The Hall–Kier alpha value is -1.43. The highest BCUT2D eigenvalue weighted by atomic mass is 32.2. The number of rotatable bonds is 3. The molecular formula is C10H11N3O2S. The summed E-state index contributed by atoms with van der Waals surface area (Å²) in [5.41, 5.74) is 1.58. The van der Waals surface area contributed by atoms with Gasteiger partial charge < -0.3 is 0 Å². The SMILES string of the molecule is CCC1=NC(c2cccnc2)SC1[N+](=O)[O-]. The molecule has 2 rings (SSSR count). The Morgan fingerprint density at radius 1 is 1.62 bits per heavy atom. The van der Waals surface area contributed by atoms with Crippen LogP contribution in [0.1, 0.15) is 24.3 Å². The molecule has 1 aromatic rings. The van der Waals surface area contributed by atoms with Crippen LogP contribution in [0.15, 0.2) is 29.5 Å². The van der Waals surface area contributed by atoms with Crippen LogP contribution in [0.25, 0.3) is 0 Å². The van der Waals surface area contributed by atoms with Crippen molar-refractivity contribution >= 4 is 17.5 Å². The van der Waals surface area contributed by atoms with Crippen molar-refractivity contribution in [1.82, 2.24) is 4.98 Å². The standard InChI is InChI=1S/C10H11N3O2S/c1-2-8-10(13(14)15)16-9(12-8)7-4-3-5-11-6-7/h3-6,9-10H,2H2,1H3. The molecule has 0 saturated carbocycles. The average Bonchev–Trinajstić information content (AvgIpc) is 2.74. The van der Waals surface area contributed by atoms with E-state index in [1.165, 1.54) is 11.8 Å². The van der Waals surface area contributed by atoms with Gasteiger partial charge in [-0.3, -0.25) is 20.1 Å². The van der Waals surface area contributed by atoms with Gasteiger partial charge in [0.2, 0.25) is 0 Å². The summed E-state index contributed by atoms with van der Waals surface area (Å²) in [6.07, 6.45) is 4.00. The predicted octanol–water partition coefficient (Wildman–Crippen LogP) is 2.28. The third kappa shape index (κ3) is 2.06. The number of thioether (sulfide) groups is 1. The largest absolute Gasteiger partial charge is 0.298 e. The number of nitro groups is 1. The smallest absolute Gasteiger partial charge is 0.267 e. The topological polar surface area (TPSA) is 68.4 Å². The highest BCUT2D eigenvalue weighted by Crippen LogP contribution is 2.40. The quantitative estimate of drug-likeness (QED) is 0.597. The molecule has 2 atom stereocenters. The van der Waals surface area contributed by atoms with Crippen LogP contribution in [-0.4, -0.2) is 21.0 Å². The minimum atomic E-state index is -0.699. The van der Waals surface area contributed by atoms with Gasteiger partial charge in [0.05, 0.1) is 5.71 Å². The molecule has 0 spiro atoms. The van der Waals surface area contributed by atoms with Crippen LogP contribution in [0.5, 0.6) is 0 Å². The van der Waals surface area contributed by atoms with E-state index in [2.05, 4.69) is 9.98 Å². The zero-order valence-electron chi connectivity index (χ0n) is 8.74. The number of aromatic nitrogens is 1. The lowest BCUT2D eigenvalue weighted by molar-refractivity contribution is -0.477. The minimum absolute atomic E-state index is 0.181. The second-order valence-corrected chi connectivity index (χ2v) is 4.55. The van der Waals surface area contributed by atoms with Gasteiger partial charge in [0.1, 0.15) is 5.37 Å². The third-order valence-corrected chi connectivity index (χ3v) is 3.69. The molecule has 6 heteroatoms. The summed E-state index contributed by atoms with van der Waals surface area (Å²) in [5.74, 6) is 0. The van der Waals surface area contributed by atoms with Gasteiger partial charge in [-0.05, 0) is 24.2 Å². The van der Waals surface area contributed by atoms with Gasteiger partial charge in [-0.2, -0.15) is 0 Å². The molecule has 0 aliphatic carbocycles. The van der Waals surface area contributed by atoms with Crippen molar-refractivity contribution in [1.29, 1.82) is 0 Å². The van der Waals surface area contributed by atoms with Gasteiger partial charge >= 0.3 is 0 Å². The van der Waals surface area contributed by atoms with E-state index in [0.29, 0.717) is 12.1 Å². The molecule has 1 aliphatic rings. The molecule has 16 heavy (non-hydrogen) atoms. The highest BCUT2D eigenvalue weighted by Gasteiger charge is 2.37. The zero-order valence-corrected chi connectivity index (χ0v) is 9.55. The number of pyridine rings is 1. The lowest BCUT2D eigenvalue weighted by atomic mass is 10.2. The summed E-state index contributed by atoms with van der Waals surface area (Å²) in [5, 5.41) is 9.96. The summed E-state index contributed by atoms with van der Waals surface area (Å²) in [4.78, 5) is 18.9. The lowest BCUT2D eigenvalue weighted by Crippen LogP contribution is -2.22. The van der Waals surface area contributed by atoms with Gasteiger partial charge in [0.15, 0.2) is 0 Å². The first-order valence-corrected chi connectivity index (χ1v) is 5.92. The first-order valence-electron chi connectivity index (χ1n) is 4.97. The van der Waals surface area contributed by atoms with E-state index in [-0.39, 0.29) is 10.3 Å². The molecule has 0 aromatic carbocycles. The Balaban J connectivity index is 2.23. The van der Waals surface area contributed by atoms with E-state index in [1.54, 1.807) is 12.4 Å². The molecule has 1 aromatic heterocycles. The highest BCUT2D eigenvalue weighted by molar-refractivity contribution is 8.01. The number of aliphatic imine (C=N–C) groups is 1. The Morgan fingerprint density at radius 2 is 2.44 bits per heavy atom. The molecule has 0 radical (unpaired) electrons. The number of nitrogens with zero attached hydrogens (tertiary/aromatic N) is 3. The van der Waals surface area contributed by atoms with Crippen LogP contribution in [0.3, 0.4) is 0 Å². The summed E-state index contributed by atoms with van der Waals surface area (Å²) >= 11 is 1.26. The molecule has 2 heterocycles. The maximum absolute atomic E-state index is 10.8. The van der Waals surface area contributed by atoms with E-state index in [4.69, 9.17) is 0 Å². The van der Waals surface area contributed by atoms with Crippen molar-refractivity contribution in [2.45, 2.75) is 24.1 Å². The van der Waals surface area contributed by atoms with Crippen LogP contribution >= 0.6 is 11.8 Å². The normalized spacial score (nSPS) is 24.2. The second kappa shape index (κ2) is 4.61. The van der Waals surface area contributed by atoms with Crippen molar-refractivity contribution in [2.75, 3.05) is 0 Å². The molecule has 1 aliphatic heterocycles. The molecular weight excluding hydrogens is 226 g/mol. The van der Waals surface area contributed by atoms with E-state index in [9.17, 15) is 10.1 Å². The molecule has 0 amide bonds. The second-order valence-electron chi connectivity index (χ2n) is 3.39. The van der Waals surface area contributed by atoms with Crippen molar-refractivity contribution in [3.05, 3.63) is 40.2 Å². The third-order valence-electron chi connectivity index (χ3n) is 2.35. The van der Waals surface area contributed by atoms with Gasteiger partial charge in [0.25, 0.3) is 5.37 Å². The number of hydrogen-bond acceptors (Lipinski definition) is 5. The van der Waals surface area contributed by atoms with E-state index < -0.39 is 5.37 Å². The summed E-state index contributed by atoms with van der Waals surface area (Å²) in [6.45, 7) is 1.89. The predicted molar refractivity (Wildman–Crippen MR) is 63.1 cm³/mol. The molecule has 84 valence electrons. The summed E-state index contributed by atoms with van der Waals surface area (Å²) in [7, 11) is 0. The Labute approximate surface area is 97.1 Å². The fourth-order valence-electron chi connectivity index (χ4n) is 1.56. The monoisotopic (exact) mass is 237 g/mol. The molecule has 5 nitrogen and oxygen atoms in total. The maximum Gasteiger partial charge on any atom is 0.298 e. The average molecular weight is 237 g/mol. The van der Waals surface area contributed by atoms with E-state index >= 15 is 0 Å². The van der Waals surface area contributed by atoms with Crippen molar-refractivity contribution < 1.29 is 4.92 Å². The lowest BCUT2D eigenvalue weighted by Gasteiger charge is -2.05. The fraction of sp³-hybridized carbons (Fsp3) is 0.400. The Bertz CT molecular complexity index is 421. The van der Waals surface area contributed by atoms with Crippen molar-refractivity contribution in [3.8, 4) is 0 Å². The van der Waals surface area contributed by atoms with Crippen LogP contribution in [0, 0.1) is 10.1 Å². The molecule has 0 saturated heterocycles. The van der Waals surface area contributed by atoms with Crippen LogP contribution in [0.4, 0.5) is 0 Å². The summed E-state index contributed by atoms with van der Waals surface area (Å²) in [6, 6.07) is 3.71. The minimum Gasteiger partial charge on any atom is -0.267 e. The first-order chi connectivity index (χ1) is 7.72. The maximum atomic E-state index is 10.8. The van der Waals surface area contributed by atoms with Crippen molar-refractivity contribution in [3.63, 3.8) is 0 Å². The van der Waals surface area contributed by atoms with E-state index in [1.807, 2.05) is 19.1 Å². The Kier molecular flexibility index (Phi) is 3.19. The van der Waals surface area contributed by atoms with Crippen LogP contribution in [-0.2, 0) is 0 Å². The van der Waals surface area contributed by atoms with Gasteiger partial charge in [-0.25, -0.2) is 0 Å². The molecule has 0 N–H and O–H groups in total. The zero-order chi connectivity index (χ0) is 11.5. The molecule has 2 unspecified atom stereocenters. The molecule has 0 bridgehead atoms. The van der Waals surface area contributed by atoms with Gasteiger partial charge in [-0.15, -0.1) is 0 Å². The summed E-state index contributed by atoms with van der Waals surface area (Å²) < 4.78 is 0.